The lowest BCUT2D eigenvalue weighted by atomic mass is 10.0. The number of hydrogen-bond donors (Lipinski definition) is 2. The van der Waals surface area contributed by atoms with Gasteiger partial charge in [-0.1, -0.05) is 31.4 Å². The molecule has 2 aromatic rings. The number of nitrogens with one attached hydrogen (secondary N) is 2. The number of benzene rings is 1. The number of rotatable bonds is 11. The average Bonchev–Trinajstić information content (AvgIpc) is 2.87. The molecule has 3 amide bonds. The molecule has 1 atom stereocenters. The summed E-state index contributed by atoms with van der Waals surface area (Å²) >= 11 is 5.99. The second kappa shape index (κ2) is 14.4. The van der Waals surface area contributed by atoms with E-state index in [0.29, 0.717) is 41.2 Å². The van der Waals surface area contributed by atoms with E-state index in [2.05, 4.69) is 34.4 Å². The maximum absolute atomic E-state index is 13.3. The first-order valence-electron chi connectivity index (χ1n) is 13.7. The van der Waals surface area contributed by atoms with E-state index in [9.17, 15) is 14.0 Å². The summed E-state index contributed by atoms with van der Waals surface area (Å²) in [5.74, 6) is -0.443. The van der Waals surface area contributed by atoms with Crippen LogP contribution in [0.2, 0.25) is 5.15 Å². The maximum atomic E-state index is 13.3. The minimum absolute atomic E-state index is 0.120. The third-order valence-electron chi connectivity index (χ3n) is 7.36. The van der Waals surface area contributed by atoms with Crippen LogP contribution >= 0.6 is 11.6 Å². The van der Waals surface area contributed by atoms with Gasteiger partial charge in [-0.3, -0.25) is 4.79 Å². The van der Waals surface area contributed by atoms with Gasteiger partial charge in [0.25, 0.3) is 5.91 Å². The van der Waals surface area contributed by atoms with Crippen molar-refractivity contribution in [1.82, 2.24) is 20.1 Å². The number of unbranched alkanes of at least 4 members (excludes halogenated alkanes) is 2. The summed E-state index contributed by atoms with van der Waals surface area (Å²) in [6.45, 7) is 11.1. The van der Waals surface area contributed by atoms with Crippen LogP contribution in [0.4, 0.5) is 14.9 Å². The van der Waals surface area contributed by atoms with Crippen molar-refractivity contribution in [3.63, 3.8) is 0 Å². The minimum atomic E-state index is -0.323. The molecule has 0 spiro atoms. The lowest BCUT2D eigenvalue weighted by Crippen LogP contribution is -2.51. The normalized spacial score (nSPS) is 15.2. The van der Waals surface area contributed by atoms with Crippen LogP contribution in [0.5, 0.6) is 0 Å². The van der Waals surface area contributed by atoms with E-state index in [1.807, 2.05) is 11.8 Å². The molecule has 2 N–H and O–H groups in total. The molecule has 2 heterocycles. The highest BCUT2D eigenvalue weighted by Crippen LogP contribution is 2.22. The Labute approximate surface area is 231 Å². The summed E-state index contributed by atoms with van der Waals surface area (Å²) in [6, 6.07) is 7.95. The zero-order valence-electron chi connectivity index (χ0n) is 23.0. The van der Waals surface area contributed by atoms with Gasteiger partial charge in [-0.2, -0.15) is 0 Å². The summed E-state index contributed by atoms with van der Waals surface area (Å²) < 4.78 is 13.3. The molecule has 0 saturated carbocycles. The molecule has 0 bridgehead atoms. The maximum Gasteiger partial charge on any atom is 0.322 e. The summed E-state index contributed by atoms with van der Waals surface area (Å²) in [4.78, 5) is 34.5. The van der Waals surface area contributed by atoms with Crippen molar-refractivity contribution in [3.05, 3.63) is 58.1 Å². The molecule has 3 rings (SSSR count). The van der Waals surface area contributed by atoms with Crippen LogP contribution < -0.4 is 10.6 Å². The van der Waals surface area contributed by atoms with Gasteiger partial charge < -0.3 is 20.4 Å². The van der Waals surface area contributed by atoms with Crippen molar-refractivity contribution in [3.8, 4) is 0 Å². The van der Waals surface area contributed by atoms with Gasteiger partial charge in [0.1, 0.15) is 11.0 Å². The Hall–Kier alpha value is -2.71. The predicted molar refractivity (Wildman–Crippen MR) is 151 cm³/mol. The summed E-state index contributed by atoms with van der Waals surface area (Å²) in [5.41, 5.74) is 2.64. The molecule has 1 aliphatic rings. The fourth-order valence-corrected chi connectivity index (χ4v) is 5.43. The molecule has 9 heteroatoms. The number of halogens is 2. The van der Waals surface area contributed by atoms with E-state index >= 15 is 0 Å². The number of hydrogen-bond acceptors (Lipinski definition) is 4. The number of carbonyl (C=O) groups is 2. The monoisotopic (exact) mass is 545 g/mol. The molecule has 7 nitrogen and oxygen atoms in total. The van der Waals surface area contributed by atoms with Crippen LogP contribution in [-0.4, -0.2) is 65.0 Å². The highest BCUT2D eigenvalue weighted by molar-refractivity contribution is 6.29. The summed E-state index contributed by atoms with van der Waals surface area (Å²) in [7, 11) is 0. The van der Waals surface area contributed by atoms with Gasteiger partial charge >= 0.3 is 6.03 Å². The minimum Gasteiger partial charge on any atom is -0.352 e. The van der Waals surface area contributed by atoms with Crippen LogP contribution in [0.15, 0.2) is 30.3 Å². The van der Waals surface area contributed by atoms with Crippen LogP contribution in [-0.2, 0) is 0 Å². The molecule has 1 aromatic carbocycles. The van der Waals surface area contributed by atoms with Gasteiger partial charge in [-0.25, -0.2) is 14.2 Å². The number of pyridine rings is 1. The third-order valence-corrected chi connectivity index (χ3v) is 7.56. The highest BCUT2D eigenvalue weighted by atomic mass is 35.5. The van der Waals surface area contributed by atoms with Gasteiger partial charge in [-0.05, 0) is 82.3 Å². The van der Waals surface area contributed by atoms with Crippen molar-refractivity contribution in [2.24, 2.45) is 0 Å². The number of aromatic nitrogens is 1. The Morgan fingerprint density at radius 3 is 2.50 bits per heavy atom. The predicted octanol–water partition coefficient (Wildman–Crippen LogP) is 6.19. The number of urea groups is 1. The van der Waals surface area contributed by atoms with Gasteiger partial charge in [0.2, 0.25) is 0 Å². The lowest BCUT2D eigenvalue weighted by molar-refractivity contribution is 0.0923. The van der Waals surface area contributed by atoms with E-state index in [0.717, 1.165) is 57.2 Å². The van der Waals surface area contributed by atoms with Crippen LogP contribution in [0, 0.1) is 19.7 Å². The van der Waals surface area contributed by atoms with Crippen molar-refractivity contribution in [2.75, 3.05) is 31.5 Å². The largest absolute Gasteiger partial charge is 0.352 e. The van der Waals surface area contributed by atoms with Gasteiger partial charge in [0.05, 0.1) is 11.3 Å². The topological polar surface area (TPSA) is 77.6 Å². The fraction of sp³-hybridized carbons (Fsp3) is 0.552. The lowest BCUT2D eigenvalue weighted by Gasteiger charge is -2.40. The first kappa shape index (κ1) is 29.8. The molecule has 1 fully saturated rings. The number of likely N-dealkylation sites (tertiary alicyclic amines) is 1. The summed E-state index contributed by atoms with van der Waals surface area (Å²) in [6.07, 6.45) is 5.76. The van der Waals surface area contributed by atoms with Crippen molar-refractivity contribution >= 4 is 29.2 Å². The molecule has 1 aliphatic heterocycles. The van der Waals surface area contributed by atoms with Crippen LogP contribution in [0.25, 0.3) is 0 Å². The number of nitrogens with zero attached hydrogens (tertiary/aromatic N) is 3. The van der Waals surface area contributed by atoms with Crippen molar-refractivity contribution in [2.45, 2.75) is 78.3 Å². The van der Waals surface area contributed by atoms with Gasteiger partial charge in [0, 0.05) is 44.0 Å². The van der Waals surface area contributed by atoms with E-state index in [-0.39, 0.29) is 23.8 Å². The molecule has 0 radical (unpaired) electrons. The second-order valence-corrected chi connectivity index (χ2v) is 10.6. The first-order chi connectivity index (χ1) is 18.2. The van der Waals surface area contributed by atoms with Gasteiger partial charge in [-0.15, -0.1) is 0 Å². The second-order valence-electron chi connectivity index (χ2n) is 10.2. The van der Waals surface area contributed by atoms with E-state index in [1.165, 1.54) is 12.1 Å². The van der Waals surface area contributed by atoms with Crippen molar-refractivity contribution < 1.29 is 14.0 Å². The van der Waals surface area contributed by atoms with Crippen molar-refractivity contribution in [1.29, 1.82) is 0 Å². The molecule has 1 unspecified atom stereocenters. The van der Waals surface area contributed by atoms with Gasteiger partial charge in [0.15, 0.2) is 0 Å². The Morgan fingerprint density at radius 2 is 1.87 bits per heavy atom. The summed E-state index contributed by atoms with van der Waals surface area (Å²) in [5, 5.41) is 6.37. The van der Waals surface area contributed by atoms with Crippen LogP contribution in [0.3, 0.4) is 0 Å². The Balaban J connectivity index is 1.50. The quantitative estimate of drug-likeness (QED) is 0.261. The number of piperidine rings is 1. The SMILES string of the molecule is CCCCCN(C(=O)Nc1ccc(F)cc1)C1CCN(C(C)CCNC(=O)c2c(C)cc(Cl)nc2C)CC1. The average molecular weight is 546 g/mol. The van der Waals surface area contributed by atoms with E-state index in [1.54, 1.807) is 25.1 Å². The molecule has 1 aromatic heterocycles. The molecular formula is C29H41ClFN5O2. The molecule has 0 aliphatic carbocycles. The number of aryl methyl sites for hydroxylation is 2. The van der Waals surface area contributed by atoms with Crippen LogP contribution in [0.1, 0.15) is 74.0 Å². The number of carbonyl (C=O) groups excluding carboxylic acids is 2. The standard InChI is InChI=1S/C29H41ClFN5O2/c1-5-6-7-16-36(29(38)34-24-10-8-23(31)9-11-24)25-13-17-35(18-14-25)21(3)12-15-32-28(37)27-20(2)19-26(30)33-22(27)4/h8-11,19,21,25H,5-7,12-18H2,1-4H3,(H,32,37)(H,34,38). The molecule has 38 heavy (non-hydrogen) atoms. The highest BCUT2D eigenvalue weighted by Gasteiger charge is 2.29. The fourth-order valence-electron chi connectivity index (χ4n) is 5.14. The van der Waals surface area contributed by atoms with E-state index in [4.69, 9.17) is 11.6 Å². The molecular weight excluding hydrogens is 505 g/mol. The zero-order valence-corrected chi connectivity index (χ0v) is 23.8. The molecule has 208 valence electrons. The number of amides is 3. The Morgan fingerprint density at radius 1 is 1.18 bits per heavy atom. The Bertz CT molecular complexity index is 1050. The molecule has 1 saturated heterocycles. The Kier molecular flexibility index (Phi) is 11.3. The smallest absolute Gasteiger partial charge is 0.322 e. The third kappa shape index (κ3) is 8.40. The zero-order chi connectivity index (χ0) is 27.7. The van der Waals surface area contributed by atoms with E-state index < -0.39 is 0 Å². The first-order valence-corrected chi connectivity index (χ1v) is 14.1. The number of anilines is 1.